The van der Waals surface area contributed by atoms with Crippen LogP contribution in [0.25, 0.3) is 0 Å². The number of carbonyl (C=O) groups is 2. The summed E-state index contributed by atoms with van der Waals surface area (Å²) in [5.74, 6) is -0.184. The normalized spacial score (nSPS) is 26.8. The van der Waals surface area contributed by atoms with Gasteiger partial charge in [0.2, 0.25) is 0 Å². The second-order valence-corrected chi connectivity index (χ2v) is 14.2. The van der Waals surface area contributed by atoms with Gasteiger partial charge in [0.1, 0.15) is 0 Å². The second-order valence-electron chi connectivity index (χ2n) is 3.86. The van der Waals surface area contributed by atoms with Crippen molar-refractivity contribution in [2.75, 3.05) is 11.5 Å². The summed E-state index contributed by atoms with van der Waals surface area (Å²) in [6, 6.07) is 0. The third kappa shape index (κ3) is 4.18. The molecule has 5 heteroatoms. The number of methoxy groups -OCH3 is 1. The number of hydrogen-bond acceptors (Lipinski definition) is 3. The second kappa shape index (κ2) is 7.06. The predicted molar refractivity (Wildman–Crippen MR) is 71.9 cm³/mol. The van der Waals surface area contributed by atoms with Crippen LogP contribution in [-0.2, 0) is 14.3 Å². The quantitative estimate of drug-likeness (QED) is 0.183. The summed E-state index contributed by atoms with van der Waals surface area (Å²) in [5, 5.41) is 0. The molecular weight excluding hydrogens is 446 g/mol. The van der Waals surface area contributed by atoms with Crippen molar-refractivity contribution in [3.05, 3.63) is 12.2 Å². The Hall–Kier alpha value is 0.340. The first-order valence-corrected chi connectivity index (χ1v) is 10.4. The Morgan fingerprint density at radius 3 is 2.88 bits per heavy atom. The van der Waals surface area contributed by atoms with Gasteiger partial charge in [-0.05, 0) is 0 Å². The zero-order valence-electron chi connectivity index (χ0n) is 10.2. The topological polar surface area (TPSA) is 43.4 Å². The van der Waals surface area contributed by atoms with Crippen molar-refractivity contribution in [2.24, 2.45) is 0 Å². The van der Waals surface area contributed by atoms with E-state index in [9.17, 15) is 9.59 Å². The number of carbonyl (C=O) groups excluding carboxylic acids is 2. The Bertz CT molecular complexity index is 328. The van der Waals surface area contributed by atoms with Gasteiger partial charge in [-0.15, -0.1) is 0 Å². The van der Waals surface area contributed by atoms with Crippen LogP contribution in [0.2, 0.25) is 0 Å². The van der Waals surface area contributed by atoms with Gasteiger partial charge in [-0.25, -0.2) is 0 Å². The zero-order chi connectivity index (χ0) is 12.9. The number of halogens is 2. The van der Waals surface area contributed by atoms with Gasteiger partial charge in [-0.1, -0.05) is 0 Å². The maximum absolute atomic E-state index is 11.9. The molecule has 17 heavy (non-hydrogen) atoms. The summed E-state index contributed by atoms with van der Waals surface area (Å²) in [5.41, 5.74) is 0. The summed E-state index contributed by atoms with van der Waals surface area (Å²) in [7, 11) is 1.41. The van der Waals surface area contributed by atoms with Crippen LogP contribution in [0.15, 0.2) is 12.2 Å². The molecule has 0 aromatic heterocycles. The Labute approximate surface area is 123 Å². The average Bonchev–Trinajstić information content (AvgIpc) is 2.57. The van der Waals surface area contributed by atoms with Crippen LogP contribution >= 0.6 is 19.8 Å². The van der Waals surface area contributed by atoms with Crippen LogP contribution in [0.3, 0.4) is 0 Å². The molecule has 1 aliphatic rings. The molecule has 1 saturated heterocycles. The molecule has 99 valence electrons. The van der Waals surface area contributed by atoms with Crippen LogP contribution in [0.1, 0.15) is 32.6 Å². The van der Waals surface area contributed by atoms with E-state index in [1.54, 1.807) is 0 Å². The van der Waals surface area contributed by atoms with Gasteiger partial charge >= 0.3 is 124 Å². The third-order valence-electron chi connectivity index (χ3n) is 2.63. The van der Waals surface area contributed by atoms with E-state index in [1.807, 2.05) is 0 Å². The van der Waals surface area contributed by atoms with Crippen molar-refractivity contribution in [3.8, 4) is 0 Å². The van der Waals surface area contributed by atoms with Gasteiger partial charge < -0.3 is 0 Å². The van der Waals surface area contributed by atoms with Gasteiger partial charge in [0.15, 0.2) is 0 Å². The molecule has 0 unspecified atom stereocenters. The first-order chi connectivity index (χ1) is 8.03. The summed E-state index contributed by atoms with van der Waals surface area (Å²) >= 11 is 0.607. The summed E-state index contributed by atoms with van der Waals surface area (Å²) in [6.07, 6.45) is 7.15. The molecule has 0 aromatic carbocycles. The Morgan fingerprint density at radius 1 is 1.59 bits per heavy atom. The van der Waals surface area contributed by atoms with Crippen LogP contribution in [0.4, 0.5) is 0 Å². The van der Waals surface area contributed by atoms with E-state index in [4.69, 9.17) is 4.74 Å². The van der Waals surface area contributed by atoms with Crippen molar-refractivity contribution in [3.63, 3.8) is 0 Å². The Morgan fingerprint density at radius 2 is 2.29 bits per heavy atom. The molecular formula is C12H18I2O3-. The van der Waals surface area contributed by atoms with Crippen molar-refractivity contribution >= 4 is 29.6 Å². The molecule has 1 fully saturated rings. The first kappa shape index (κ1) is 15.4. The fourth-order valence-corrected chi connectivity index (χ4v) is 10.8. The number of hydrogen-bond donors (Lipinski definition) is 0. The molecule has 1 aliphatic heterocycles. The molecule has 0 aromatic rings. The molecule has 0 aliphatic carbocycles. The monoisotopic (exact) mass is 464 g/mol. The van der Waals surface area contributed by atoms with E-state index in [1.165, 1.54) is 7.11 Å². The molecule has 0 saturated carbocycles. The van der Waals surface area contributed by atoms with Crippen LogP contribution in [0.5, 0.6) is 0 Å². The molecule has 0 amide bonds. The minimum absolute atomic E-state index is 0.0933. The molecule has 1 heterocycles. The predicted octanol–water partition coefficient (Wildman–Crippen LogP) is -0.408. The number of allylic oxidation sites excluding steroid dienone is 2. The summed E-state index contributed by atoms with van der Waals surface area (Å²) in [4.78, 5) is 23.4. The van der Waals surface area contributed by atoms with Gasteiger partial charge in [0.25, 0.3) is 0 Å². The van der Waals surface area contributed by atoms with Crippen LogP contribution < -0.4 is 22.6 Å². The molecule has 0 bridgehead atoms. The number of ether oxygens (including phenoxy) is 1. The van der Waals surface area contributed by atoms with E-state index in [0.717, 1.165) is 17.3 Å². The van der Waals surface area contributed by atoms with Crippen molar-refractivity contribution < 1.29 is 36.9 Å². The number of alkyl halides is 3. The van der Waals surface area contributed by atoms with E-state index < -0.39 is 19.8 Å². The minimum atomic E-state index is -1.74. The van der Waals surface area contributed by atoms with Gasteiger partial charge in [0.05, 0.1) is 0 Å². The van der Waals surface area contributed by atoms with Gasteiger partial charge in [-0.2, -0.15) is 0 Å². The summed E-state index contributed by atoms with van der Waals surface area (Å²) in [6.45, 7) is 2.09. The number of rotatable bonds is 5. The van der Waals surface area contributed by atoms with Crippen molar-refractivity contribution in [1.82, 2.24) is 0 Å². The van der Waals surface area contributed by atoms with E-state index in [-0.39, 0.29) is 7.40 Å². The Balaban J connectivity index is 2.71. The fourth-order valence-electron chi connectivity index (χ4n) is 1.69. The van der Waals surface area contributed by atoms with Gasteiger partial charge in [-0.3, -0.25) is 0 Å². The molecule has 1 rings (SSSR count). The van der Waals surface area contributed by atoms with Crippen molar-refractivity contribution in [2.45, 2.75) is 34.0 Å². The molecule has 1 radical (unpaired) electrons. The van der Waals surface area contributed by atoms with Crippen LogP contribution in [0, 0.1) is 0 Å². The Kier molecular flexibility index (Phi) is 6.39. The fraction of sp³-hybridized carbons (Fsp3) is 0.667. The average molecular weight is 464 g/mol. The maximum atomic E-state index is 11.9. The standard InChI is InChI=1S/C12H18I2O3/c1-3-4-5-8-14-10(15)6-7-12(14,13)9-11(16)17-2/h4-5H,3,6-9H2,1-2H3/q-1/b5-4+/t12-/m0/s1. The van der Waals surface area contributed by atoms with E-state index >= 15 is 0 Å². The summed E-state index contributed by atoms with van der Waals surface area (Å²) < 4.78 is 5.98. The molecule has 3 nitrogen and oxygen atoms in total. The van der Waals surface area contributed by atoms with Crippen LogP contribution in [-0.4, -0.2) is 22.7 Å². The third-order valence-corrected chi connectivity index (χ3v) is 13.5. The molecule has 0 spiro atoms. The van der Waals surface area contributed by atoms with Gasteiger partial charge in [0, 0.05) is 0 Å². The molecule has 1 atom stereocenters. The first-order valence-electron chi connectivity index (χ1n) is 5.63. The van der Waals surface area contributed by atoms with Crippen molar-refractivity contribution in [1.29, 1.82) is 0 Å². The van der Waals surface area contributed by atoms with E-state index in [2.05, 4.69) is 41.7 Å². The van der Waals surface area contributed by atoms with E-state index in [0.29, 0.717) is 16.6 Å². The SMILES string of the molecule is CC/C=C/CI1C(=O)CC[C@@]1([I-])CC(=O)OC. The zero-order valence-corrected chi connectivity index (χ0v) is 14.5. The number of esters is 1. The molecule has 0 N–H and O–H groups in total.